The second-order valence-electron chi connectivity index (χ2n) is 4.06. The third-order valence-corrected chi connectivity index (χ3v) is 2.58. The average Bonchev–Trinajstić information content (AvgIpc) is 2.35. The number of methoxy groups -OCH3 is 1. The Labute approximate surface area is 110 Å². The summed E-state index contributed by atoms with van der Waals surface area (Å²) in [6.45, 7) is 3.15. The number of rotatable bonds is 6. The molecular formula is C13H18F3NO2. The van der Waals surface area contributed by atoms with Crippen molar-refractivity contribution in [3.05, 3.63) is 23.8 Å². The van der Waals surface area contributed by atoms with Gasteiger partial charge in [0.2, 0.25) is 0 Å². The Morgan fingerprint density at radius 1 is 1.26 bits per heavy atom. The third-order valence-electron chi connectivity index (χ3n) is 2.58. The molecule has 1 aromatic rings. The van der Waals surface area contributed by atoms with Crippen LogP contribution in [0.25, 0.3) is 0 Å². The first-order valence-electron chi connectivity index (χ1n) is 5.99. The van der Waals surface area contributed by atoms with Gasteiger partial charge in [-0.25, -0.2) is 0 Å². The highest BCUT2D eigenvalue weighted by atomic mass is 19.4. The van der Waals surface area contributed by atoms with Crippen molar-refractivity contribution in [2.45, 2.75) is 26.1 Å². The van der Waals surface area contributed by atoms with Crippen molar-refractivity contribution in [2.75, 3.05) is 20.3 Å². The molecule has 0 aliphatic heterocycles. The number of alkyl halides is 3. The lowest BCUT2D eigenvalue weighted by molar-refractivity contribution is -0.153. The Balaban J connectivity index is 3.01. The SMILES string of the molecule is CCNC(C)c1c(OC)cccc1OCC(F)(F)F. The van der Waals surface area contributed by atoms with Gasteiger partial charge in [0.15, 0.2) is 6.61 Å². The van der Waals surface area contributed by atoms with Gasteiger partial charge in [-0.05, 0) is 25.6 Å². The normalized spacial score (nSPS) is 13.2. The third kappa shape index (κ3) is 4.63. The monoisotopic (exact) mass is 277 g/mol. The maximum atomic E-state index is 12.2. The molecular weight excluding hydrogens is 259 g/mol. The van der Waals surface area contributed by atoms with E-state index in [0.29, 0.717) is 17.9 Å². The minimum Gasteiger partial charge on any atom is -0.496 e. The van der Waals surface area contributed by atoms with E-state index in [4.69, 9.17) is 9.47 Å². The molecule has 0 bridgehead atoms. The first-order chi connectivity index (χ1) is 8.89. The van der Waals surface area contributed by atoms with Crippen LogP contribution in [0.3, 0.4) is 0 Å². The van der Waals surface area contributed by atoms with Crippen LogP contribution < -0.4 is 14.8 Å². The first kappa shape index (κ1) is 15.6. The second-order valence-corrected chi connectivity index (χ2v) is 4.06. The zero-order chi connectivity index (χ0) is 14.5. The van der Waals surface area contributed by atoms with E-state index in [1.165, 1.54) is 13.2 Å². The smallest absolute Gasteiger partial charge is 0.422 e. The van der Waals surface area contributed by atoms with Crippen LogP contribution in [0.15, 0.2) is 18.2 Å². The van der Waals surface area contributed by atoms with Gasteiger partial charge in [-0.2, -0.15) is 13.2 Å². The number of benzene rings is 1. The van der Waals surface area contributed by atoms with Gasteiger partial charge < -0.3 is 14.8 Å². The van der Waals surface area contributed by atoms with Crippen molar-refractivity contribution in [3.8, 4) is 11.5 Å². The van der Waals surface area contributed by atoms with Crippen molar-refractivity contribution in [1.82, 2.24) is 5.32 Å². The number of hydrogen-bond acceptors (Lipinski definition) is 3. The standard InChI is InChI=1S/C13H18F3NO2/c1-4-17-9(2)12-10(18-3)6-5-7-11(12)19-8-13(14,15)16/h5-7,9,17H,4,8H2,1-3H3. The molecule has 1 aromatic carbocycles. The fraction of sp³-hybridized carbons (Fsp3) is 0.538. The fourth-order valence-corrected chi connectivity index (χ4v) is 1.82. The number of hydrogen-bond donors (Lipinski definition) is 1. The number of halogens is 3. The quantitative estimate of drug-likeness (QED) is 0.865. The van der Waals surface area contributed by atoms with Gasteiger partial charge in [-0.15, -0.1) is 0 Å². The van der Waals surface area contributed by atoms with Crippen LogP contribution in [0.5, 0.6) is 11.5 Å². The van der Waals surface area contributed by atoms with Crippen molar-refractivity contribution < 1.29 is 22.6 Å². The maximum absolute atomic E-state index is 12.2. The largest absolute Gasteiger partial charge is 0.496 e. The van der Waals surface area contributed by atoms with Gasteiger partial charge >= 0.3 is 6.18 Å². The summed E-state index contributed by atoms with van der Waals surface area (Å²) >= 11 is 0. The van der Waals surface area contributed by atoms with Crippen molar-refractivity contribution in [2.24, 2.45) is 0 Å². The van der Waals surface area contributed by atoms with Crippen LogP contribution in [-0.4, -0.2) is 26.4 Å². The molecule has 0 radical (unpaired) electrons. The molecule has 0 heterocycles. The molecule has 1 unspecified atom stereocenters. The Hall–Kier alpha value is -1.43. The summed E-state index contributed by atoms with van der Waals surface area (Å²) in [6, 6.07) is 4.65. The minimum absolute atomic E-state index is 0.163. The van der Waals surface area contributed by atoms with Gasteiger partial charge in [0, 0.05) is 6.04 Å². The van der Waals surface area contributed by atoms with Gasteiger partial charge in [0.05, 0.1) is 12.7 Å². The summed E-state index contributed by atoms with van der Waals surface area (Å²) < 4.78 is 46.7. The molecule has 0 amide bonds. The van der Waals surface area contributed by atoms with E-state index in [1.54, 1.807) is 12.1 Å². The molecule has 108 valence electrons. The van der Waals surface area contributed by atoms with E-state index in [-0.39, 0.29) is 11.8 Å². The Kier molecular flexibility index (Phi) is 5.47. The number of nitrogens with one attached hydrogen (secondary N) is 1. The van der Waals surface area contributed by atoms with Gasteiger partial charge in [0.1, 0.15) is 11.5 Å². The van der Waals surface area contributed by atoms with E-state index in [9.17, 15) is 13.2 Å². The molecule has 0 aliphatic rings. The molecule has 19 heavy (non-hydrogen) atoms. The topological polar surface area (TPSA) is 30.5 Å². The van der Waals surface area contributed by atoms with Gasteiger partial charge in [0.25, 0.3) is 0 Å². The Morgan fingerprint density at radius 2 is 1.89 bits per heavy atom. The first-order valence-corrected chi connectivity index (χ1v) is 5.99. The predicted molar refractivity (Wildman–Crippen MR) is 66.6 cm³/mol. The highest BCUT2D eigenvalue weighted by Gasteiger charge is 2.29. The van der Waals surface area contributed by atoms with Crippen LogP contribution in [0.1, 0.15) is 25.5 Å². The molecule has 0 saturated carbocycles. The van der Waals surface area contributed by atoms with Crippen molar-refractivity contribution >= 4 is 0 Å². The summed E-state index contributed by atoms with van der Waals surface area (Å²) in [7, 11) is 1.48. The summed E-state index contributed by atoms with van der Waals surface area (Å²) in [4.78, 5) is 0. The lowest BCUT2D eigenvalue weighted by atomic mass is 10.1. The highest BCUT2D eigenvalue weighted by Crippen LogP contribution is 2.34. The fourth-order valence-electron chi connectivity index (χ4n) is 1.82. The predicted octanol–water partition coefficient (Wildman–Crippen LogP) is 3.31. The van der Waals surface area contributed by atoms with E-state index >= 15 is 0 Å². The van der Waals surface area contributed by atoms with E-state index in [1.807, 2.05) is 13.8 Å². The highest BCUT2D eigenvalue weighted by molar-refractivity contribution is 5.46. The summed E-state index contributed by atoms with van der Waals surface area (Å²) in [5.41, 5.74) is 0.594. The Bertz CT molecular complexity index is 407. The molecule has 1 rings (SSSR count). The molecule has 0 saturated heterocycles. The summed E-state index contributed by atoms with van der Waals surface area (Å²) in [5.74, 6) is 0.693. The zero-order valence-electron chi connectivity index (χ0n) is 11.2. The average molecular weight is 277 g/mol. The molecule has 0 aromatic heterocycles. The second kappa shape index (κ2) is 6.65. The molecule has 0 aliphatic carbocycles. The number of ether oxygens (including phenoxy) is 2. The van der Waals surface area contributed by atoms with Crippen LogP contribution in [0.4, 0.5) is 13.2 Å². The molecule has 1 atom stereocenters. The maximum Gasteiger partial charge on any atom is 0.422 e. The van der Waals surface area contributed by atoms with Gasteiger partial charge in [-0.3, -0.25) is 0 Å². The van der Waals surface area contributed by atoms with E-state index in [2.05, 4.69) is 5.32 Å². The van der Waals surface area contributed by atoms with Crippen molar-refractivity contribution in [3.63, 3.8) is 0 Å². The Morgan fingerprint density at radius 3 is 2.42 bits per heavy atom. The summed E-state index contributed by atoms with van der Waals surface area (Å²) in [5, 5.41) is 3.13. The van der Waals surface area contributed by atoms with Gasteiger partial charge in [-0.1, -0.05) is 13.0 Å². The molecule has 0 fully saturated rings. The molecule has 1 N–H and O–H groups in total. The van der Waals surface area contributed by atoms with E-state index < -0.39 is 12.8 Å². The lowest BCUT2D eigenvalue weighted by Crippen LogP contribution is -2.22. The van der Waals surface area contributed by atoms with Crippen LogP contribution in [-0.2, 0) is 0 Å². The molecule has 3 nitrogen and oxygen atoms in total. The van der Waals surface area contributed by atoms with E-state index in [0.717, 1.165) is 0 Å². The lowest BCUT2D eigenvalue weighted by Gasteiger charge is -2.20. The van der Waals surface area contributed by atoms with Crippen LogP contribution in [0, 0.1) is 0 Å². The van der Waals surface area contributed by atoms with Crippen LogP contribution >= 0.6 is 0 Å². The summed E-state index contributed by atoms with van der Waals surface area (Å²) in [6.07, 6.45) is -4.36. The molecule has 0 spiro atoms. The zero-order valence-corrected chi connectivity index (χ0v) is 11.2. The van der Waals surface area contributed by atoms with Crippen LogP contribution in [0.2, 0.25) is 0 Å². The molecule has 6 heteroatoms. The van der Waals surface area contributed by atoms with Crippen molar-refractivity contribution in [1.29, 1.82) is 0 Å². The minimum atomic E-state index is -4.36.